The van der Waals surface area contributed by atoms with Crippen LogP contribution in [0.15, 0.2) is 12.1 Å². The Hall–Kier alpha value is -1.95. The van der Waals surface area contributed by atoms with Gasteiger partial charge in [0.05, 0.1) is 11.3 Å². The third-order valence-electron chi connectivity index (χ3n) is 2.94. The summed E-state index contributed by atoms with van der Waals surface area (Å²) in [7, 11) is 0. The highest BCUT2D eigenvalue weighted by molar-refractivity contribution is 5.94. The Bertz CT molecular complexity index is 481. The van der Waals surface area contributed by atoms with Crippen LogP contribution in [0.3, 0.4) is 0 Å². The van der Waals surface area contributed by atoms with E-state index in [0.717, 1.165) is 13.1 Å². The van der Waals surface area contributed by atoms with Gasteiger partial charge in [-0.25, -0.2) is 9.78 Å². The highest BCUT2D eigenvalue weighted by Gasteiger charge is 2.20. The van der Waals surface area contributed by atoms with E-state index in [0.29, 0.717) is 24.5 Å². The molecule has 0 saturated carbocycles. The van der Waals surface area contributed by atoms with Gasteiger partial charge in [-0.15, -0.1) is 0 Å². The molecule has 1 aliphatic heterocycles. The first-order valence-corrected chi connectivity index (χ1v) is 5.80. The molecule has 0 aliphatic carbocycles. The van der Waals surface area contributed by atoms with Gasteiger partial charge in [-0.2, -0.15) is 0 Å². The number of carboxylic acids is 1. The number of pyridine rings is 1. The van der Waals surface area contributed by atoms with Crippen LogP contribution in [0.2, 0.25) is 0 Å². The smallest absolute Gasteiger partial charge is 0.337 e. The molecule has 0 aromatic carbocycles. The highest BCUT2D eigenvalue weighted by Crippen LogP contribution is 2.09. The zero-order valence-electron chi connectivity index (χ0n) is 10.1. The standard InChI is InChI=1S/C12H15N3O3/c1-8-9(12(17)18)2-3-10(14-8)11(16)15-6-4-13-5-7-15/h2-3,13H,4-7H2,1H3,(H,17,18). The number of carbonyl (C=O) groups is 2. The zero-order chi connectivity index (χ0) is 13.1. The summed E-state index contributed by atoms with van der Waals surface area (Å²) >= 11 is 0. The lowest BCUT2D eigenvalue weighted by molar-refractivity contribution is 0.0689. The molecule has 1 fully saturated rings. The summed E-state index contributed by atoms with van der Waals surface area (Å²) in [6.07, 6.45) is 0. The molecular formula is C12H15N3O3. The summed E-state index contributed by atoms with van der Waals surface area (Å²) in [6, 6.07) is 2.90. The Morgan fingerprint density at radius 3 is 2.56 bits per heavy atom. The van der Waals surface area contributed by atoms with Gasteiger partial charge in [-0.3, -0.25) is 4.79 Å². The van der Waals surface area contributed by atoms with Crippen LogP contribution < -0.4 is 5.32 Å². The molecule has 2 rings (SSSR count). The monoisotopic (exact) mass is 249 g/mol. The number of carbonyl (C=O) groups excluding carboxylic acids is 1. The second kappa shape index (κ2) is 5.14. The molecule has 0 atom stereocenters. The van der Waals surface area contributed by atoms with E-state index in [-0.39, 0.29) is 11.5 Å². The first-order valence-electron chi connectivity index (χ1n) is 5.80. The van der Waals surface area contributed by atoms with Crippen LogP contribution in [0.25, 0.3) is 0 Å². The van der Waals surface area contributed by atoms with Crippen molar-refractivity contribution in [2.24, 2.45) is 0 Å². The van der Waals surface area contributed by atoms with Crippen LogP contribution in [0.1, 0.15) is 26.5 Å². The molecule has 1 aromatic rings. The fourth-order valence-corrected chi connectivity index (χ4v) is 1.94. The fraction of sp³-hybridized carbons (Fsp3) is 0.417. The topological polar surface area (TPSA) is 82.5 Å². The lowest BCUT2D eigenvalue weighted by Gasteiger charge is -2.27. The van der Waals surface area contributed by atoms with Gasteiger partial charge >= 0.3 is 5.97 Å². The summed E-state index contributed by atoms with van der Waals surface area (Å²) in [5.41, 5.74) is 0.801. The molecule has 96 valence electrons. The van der Waals surface area contributed by atoms with Crippen molar-refractivity contribution >= 4 is 11.9 Å². The number of hydrogen-bond donors (Lipinski definition) is 2. The van der Waals surface area contributed by atoms with Crippen LogP contribution in [0.5, 0.6) is 0 Å². The summed E-state index contributed by atoms with van der Waals surface area (Å²) in [4.78, 5) is 28.8. The molecule has 1 aromatic heterocycles. The molecule has 6 heteroatoms. The SMILES string of the molecule is Cc1nc(C(=O)N2CCNCC2)ccc1C(=O)O. The maximum Gasteiger partial charge on any atom is 0.337 e. The Morgan fingerprint density at radius 1 is 1.33 bits per heavy atom. The number of rotatable bonds is 2. The number of aryl methyl sites for hydroxylation is 1. The van der Waals surface area contributed by atoms with Gasteiger partial charge in [-0.1, -0.05) is 0 Å². The Morgan fingerprint density at radius 2 is 2.00 bits per heavy atom. The minimum absolute atomic E-state index is 0.131. The van der Waals surface area contributed by atoms with Gasteiger partial charge in [0.15, 0.2) is 0 Å². The van der Waals surface area contributed by atoms with Crippen molar-refractivity contribution in [3.05, 3.63) is 29.1 Å². The number of nitrogens with one attached hydrogen (secondary N) is 1. The molecular weight excluding hydrogens is 234 g/mol. The average molecular weight is 249 g/mol. The average Bonchev–Trinajstić information content (AvgIpc) is 2.38. The maximum atomic E-state index is 12.1. The molecule has 1 aliphatic rings. The minimum atomic E-state index is -1.03. The van der Waals surface area contributed by atoms with Gasteiger partial charge in [0.25, 0.3) is 5.91 Å². The lowest BCUT2D eigenvalue weighted by Crippen LogP contribution is -2.46. The number of hydrogen-bond acceptors (Lipinski definition) is 4. The quantitative estimate of drug-likeness (QED) is 0.778. The molecule has 0 unspecified atom stereocenters. The third kappa shape index (κ3) is 2.48. The van der Waals surface area contributed by atoms with E-state index in [9.17, 15) is 9.59 Å². The summed E-state index contributed by atoms with van der Waals surface area (Å²) in [6.45, 7) is 4.45. The molecule has 2 heterocycles. The van der Waals surface area contributed by atoms with E-state index < -0.39 is 5.97 Å². The van der Waals surface area contributed by atoms with Gasteiger partial charge in [0.1, 0.15) is 5.69 Å². The normalized spacial score (nSPS) is 15.5. The number of piperazine rings is 1. The molecule has 6 nitrogen and oxygen atoms in total. The van der Waals surface area contributed by atoms with E-state index in [1.165, 1.54) is 12.1 Å². The molecule has 2 N–H and O–H groups in total. The van der Waals surface area contributed by atoms with Gasteiger partial charge in [-0.05, 0) is 19.1 Å². The molecule has 0 bridgehead atoms. The van der Waals surface area contributed by atoms with E-state index in [1.54, 1.807) is 11.8 Å². The third-order valence-corrected chi connectivity index (χ3v) is 2.94. The lowest BCUT2D eigenvalue weighted by atomic mass is 10.1. The largest absolute Gasteiger partial charge is 0.478 e. The minimum Gasteiger partial charge on any atom is -0.478 e. The maximum absolute atomic E-state index is 12.1. The van der Waals surface area contributed by atoms with Crippen molar-refractivity contribution in [1.82, 2.24) is 15.2 Å². The van der Waals surface area contributed by atoms with Crippen LogP contribution >= 0.6 is 0 Å². The number of aromatic nitrogens is 1. The molecule has 1 saturated heterocycles. The molecule has 0 radical (unpaired) electrons. The summed E-state index contributed by atoms with van der Waals surface area (Å²) in [5, 5.41) is 12.1. The Kier molecular flexibility index (Phi) is 3.57. The van der Waals surface area contributed by atoms with Crippen molar-refractivity contribution < 1.29 is 14.7 Å². The Labute approximate surface area is 105 Å². The number of amides is 1. The first kappa shape index (κ1) is 12.5. The van der Waals surface area contributed by atoms with E-state index in [4.69, 9.17) is 5.11 Å². The molecule has 0 spiro atoms. The van der Waals surface area contributed by atoms with Gasteiger partial charge < -0.3 is 15.3 Å². The van der Waals surface area contributed by atoms with Gasteiger partial charge in [0.2, 0.25) is 0 Å². The second-order valence-electron chi connectivity index (χ2n) is 4.18. The predicted octanol–water partition coefficient (Wildman–Crippen LogP) is 0.134. The number of carboxylic acid groups (broad SMARTS) is 1. The number of nitrogens with zero attached hydrogens (tertiary/aromatic N) is 2. The van der Waals surface area contributed by atoms with Crippen LogP contribution in [0, 0.1) is 6.92 Å². The molecule has 18 heavy (non-hydrogen) atoms. The van der Waals surface area contributed by atoms with Crippen molar-refractivity contribution in [3.63, 3.8) is 0 Å². The zero-order valence-corrected chi connectivity index (χ0v) is 10.1. The summed E-state index contributed by atoms with van der Waals surface area (Å²) < 4.78 is 0. The van der Waals surface area contributed by atoms with Crippen LogP contribution in [-0.4, -0.2) is 53.0 Å². The van der Waals surface area contributed by atoms with E-state index in [2.05, 4.69) is 10.3 Å². The fourth-order valence-electron chi connectivity index (χ4n) is 1.94. The van der Waals surface area contributed by atoms with Crippen LogP contribution in [-0.2, 0) is 0 Å². The van der Waals surface area contributed by atoms with E-state index in [1.807, 2.05) is 0 Å². The Balaban J connectivity index is 2.20. The second-order valence-corrected chi connectivity index (χ2v) is 4.18. The highest BCUT2D eigenvalue weighted by atomic mass is 16.4. The van der Waals surface area contributed by atoms with Gasteiger partial charge in [0, 0.05) is 26.2 Å². The predicted molar refractivity (Wildman–Crippen MR) is 64.7 cm³/mol. The van der Waals surface area contributed by atoms with Crippen molar-refractivity contribution in [2.75, 3.05) is 26.2 Å². The number of aromatic carboxylic acids is 1. The van der Waals surface area contributed by atoms with Crippen molar-refractivity contribution in [1.29, 1.82) is 0 Å². The first-order chi connectivity index (χ1) is 8.59. The van der Waals surface area contributed by atoms with E-state index >= 15 is 0 Å². The molecule has 1 amide bonds. The van der Waals surface area contributed by atoms with Crippen LogP contribution in [0.4, 0.5) is 0 Å². The van der Waals surface area contributed by atoms with Crippen molar-refractivity contribution in [2.45, 2.75) is 6.92 Å². The van der Waals surface area contributed by atoms with Crippen molar-refractivity contribution in [3.8, 4) is 0 Å². The summed E-state index contributed by atoms with van der Waals surface area (Å²) in [5.74, 6) is -1.17.